The van der Waals surface area contributed by atoms with Crippen LogP contribution in [0.25, 0.3) is 11.0 Å². The predicted octanol–water partition coefficient (Wildman–Crippen LogP) is 5.60. The van der Waals surface area contributed by atoms with Gasteiger partial charge in [-0.3, -0.25) is 9.36 Å². The molecule has 10 heteroatoms. The number of benzene rings is 3. The monoisotopic (exact) mass is 556 g/mol. The van der Waals surface area contributed by atoms with Crippen molar-refractivity contribution in [3.05, 3.63) is 124 Å². The van der Waals surface area contributed by atoms with E-state index in [0.717, 1.165) is 43.6 Å². The number of nitrogens with zero attached hydrogens (tertiary/aromatic N) is 4. The number of pyridine rings is 1. The number of hydrogen-bond donors (Lipinski definition) is 2. The van der Waals surface area contributed by atoms with Gasteiger partial charge >= 0.3 is 6.18 Å². The summed E-state index contributed by atoms with van der Waals surface area (Å²) in [6.07, 6.45) is -3.05. The number of hydrogen-bond acceptors (Lipinski definition) is 6. The van der Waals surface area contributed by atoms with Crippen LogP contribution in [0.2, 0.25) is 0 Å². The second-order valence-electron chi connectivity index (χ2n) is 9.82. The third kappa shape index (κ3) is 5.51. The quantitative estimate of drug-likeness (QED) is 0.284. The van der Waals surface area contributed by atoms with Crippen LogP contribution in [0, 0.1) is 0 Å². The first-order valence-electron chi connectivity index (χ1n) is 13.3. The van der Waals surface area contributed by atoms with Crippen LogP contribution < -0.4 is 21.1 Å². The number of fused-ring (bicyclic) bond motifs is 1. The second kappa shape index (κ2) is 11.1. The van der Waals surface area contributed by atoms with E-state index in [4.69, 9.17) is 0 Å². The fourth-order valence-electron chi connectivity index (χ4n) is 5.25. The number of aromatic nitrogens is 3. The molecule has 2 N–H and O–H groups in total. The summed E-state index contributed by atoms with van der Waals surface area (Å²) in [5.74, 6) is 0.225. The SMILES string of the molecule is O=c1ccc2cnc(Nc3ccc(N4CCNCC4)cc3)nc2n1C(c1ccccc1)c1ccccc1C(F)(F)F. The molecule has 0 radical (unpaired) electrons. The van der Waals surface area contributed by atoms with Gasteiger partial charge in [0.15, 0.2) is 0 Å². The number of alkyl halides is 3. The highest BCUT2D eigenvalue weighted by molar-refractivity contribution is 5.76. The van der Waals surface area contributed by atoms with Crippen LogP contribution in [-0.4, -0.2) is 40.7 Å². The van der Waals surface area contributed by atoms with Gasteiger partial charge in [0.25, 0.3) is 5.56 Å². The van der Waals surface area contributed by atoms with E-state index in [2.05, 4.69) is 25.5 Å². The highest BCUT2D eigenvalue weighted by Crippen LogP contribution is 2.38. The first-order valence-corrected chi connectivity index (χ1v) is 13.3. The molecule has 3 aromatic carbocycles. The number of anilines is 3. The highest BCUT2D eigenvalue weighted by atomic mass is 19.4. The Hall–Kier alpha value is -4.70. The van der Waals surface area contributed by atoms with Crippen molar-refractivity contribution in [1.82, 2.24) is 19.9 Å². The van der Waals surface area contributed by atoms with Gasteiger partial charge in [-0.05, 0) is 47.5 Å². The normalized spacial score (nSPS) is 14.7. The van der Waals surface area contributed by atoms with Gasteiger partial charge in [0.2, 0.25) is 5.95 Å². The molecule has 2 aromatic heterocycles. The third-order valence-corrected chi connectivity index (χ3v) is 7.21. The molecule has 208 valence electrons. The van der Waals surface area contributed by atoms with Gasteiger partial charge in [0.1, 0.15) is 5.65 Å². The smallest absolute Gasteiger partial charge is 0.369 e. The Morgan fingerprint density at radius 1 is 0.854 bits per heavy atom. The lowest BCUT2D eigenvalue weighted by Crippen LogP contribution is -2.43. The van der Waals surface area contributed by atoms with E-state index < -0.39 is 23.3 Å². The Labute approximate surface area is 234 Å². The van der Waals surface area contributed by atoms with Crippen LogP contribution in [0.4, 0.5) is 30.5 Å². The lowest BCUT2D eigenvalue weighted by Gasteiger charge is -2.29. The van der Waals surface area contributed by atoms with Crippen molar-refractivity contribution in [2.24, 2.45) is 0 Å². The molecule has 1 aliphatic rings. The van der Waals surface area contributed by atoms with E-state index in [-0.39, 0.29) is 17.2 Å². The number of piperazine rings is 1. The fourth-order valence-corrected chi connectivity index (χ4v) is 5.25. The Kier molecular flexibility index (Phi) is 7.15. The van der Waals surface area contributed by atoms with Crippen molar-refractivity contribution in [3.8, 4) is 0 Å². The Morgan fingerprint density at radius 2 is 1.56 bits per heavy atom. The standard InChI is InChI=1S/C31H27F3N6O/c32-31(33,34)26-9-5-4-8-25(26)28(21-6-2-1-3-7-21)40-27(41)15-10-22-20-36-30(38-29(22)40)37-23-11-13-24(14-12-23)39-18-16-35-17-19-39/h1-15,20,28,35H,16-19H2,(H,36,37,38). The van der Waals surface area contributed by atoms with E-state index in [1.165, 1.54) is 22.8 Å². The highest BCUT2D eigenvalue weighted by Gasteiger charge is 2.36. The van der Waals surface area contributed by atoms with E-state index in [1.54, 1.807) is 48.7 Å². The predicted molar refractivity (Wildman–Crippen MR) is 154 cm³/mol. The molecule has 1 unspecified atom stereocenters. The van der Waals surface area contributed by atoms with Crippen molar-refractivity contribution < 1.29 is 13.2 Å². The number of nitrogens with one attached hydrogen (secondary N) is 2. The van der Waals surface area contributed by atoms with Crippen molar-refractivity contribution in [2.45, 2.75) is 12.2 Å². The molecule has 6 rings (SSSR count). The summed E-state index contributed by atoms with van der Waals surface area (Å²) in [6.45, 7) is 3.73. The molecule has 0 saturated carbocycles. The molecule has 5 aromatic rings. The van der Waals surface area contributed by atoms with Crippen LogP contribution in [0.3, 0.4) is 0 Å². The molecule has 1 saturated heterocycles. The summed E-state index contributed by atoms with van der Waals surface area (Å²) in [5.41, 5.74) is 1.27. The molecule has 0 amide bonds. The van der Waals surface area contributed by atoms with Gasteiger partial charge in [-0.1, -0.05) is 48.5 Å². The van der Waals surface area contributed by atoms with Gasteiger partial charge in [-0.25, -0.2) is 4.98 Å². The summed E-state index contributed by atoms with van der Waals surface area (Å²) < 4.78 is 43.9. The second-order valence-corrected chi connectivity index (χ2v) is 9.82. The topological polar surface area (TPSA) is 75.1 Å². The molecular formula is C31H27F3N6O. The zero-order valence-corrected chi connectivity index (χ0v) is 22.0. The molecule has 1 atom stereocenters. The lowest BCUT2D eigenvalue weighted by atomic mass is 9.93. The maximum atomic E-state index is 14.2. The van der Waals surface area contributed by atoms with Gasteiger partial charge in [-0.2, -0.15) is 18.2 Å². The van der Waals surface area contributed by atoms with Crippen LogP contribution in [0.1, 0.15) is 22.7 Å². The zero-order valence-electron chi connectivity index (χ0n) is 22.0. The van der Waals surface area contributed by atoms with Crippen LogP contribution in [0.5, 0.6) is 0 Å². The molecule has 1 aliphatic heterocycles. The average Bonchev–Trinajstić information content (AvgIpc) is 3.00. The van der Waals surface area contributed by atoms with Gasteiger partial charge in [0.05, 0.1) is 11.6 Å². The molecule has 0 spiro atoms. The van der Waals surface area contributed by atoms with Crippen molar-refractivity contribution in [1.29, 1.82) is 0 Å². The fraction of sp³-hybridized carbons (Fsp3) is 0.194. The first-order chi connectivity index (χ1) is 19.9. The van der Waals surface area contributed by atoms with Crippen LogP contribution >= 0.6 is 0 Å². The molecule has 0 aliphatic carbocycles. The summed E-state index contributed by atoms with van der Waals surface area (Å²) in [7, 11) is 0. The van der Waals surface area contributed by atoms with Gasteiger partial charge in [0, 0.05) is 55.2 Å². The summed E-state index contributed by atoms with van der Waals surface area (Å²) in [6, 6.07) is 23.7. The molecule has 1 fully saturated rings. The van der Waals surface area contributed by atoms with E-state index in [1.807, 2.05) is 24.3 Å². The molecule has 3 heterocycles. The van der Waals surface area contributed by atoms with Crippen molar-refractivity contribution in [3.63, 3.8) is 0 Å². The van der Waals surface area contributed by atoms with Crippen LogP contribution in [0.15, 0.2) is 102 Å². The molecular weight excluding hydrogens is 529 g/mol. The minimum absolute atomic E-state index is 0.0441. The Balaban J connectivity index is 1.44. The first kappa shape index (κ1) is 26.5. The third-order valence-electron chi connectivity index (χ3n) is 7.21. The number of halogens is 3. The average molecular weight is 557 g/mol. The summed E-state index contributed by atoms with van der Waals surface area (Å²) in [4.78, 5) is 24.8. The lowest BCUT2D eigenvalue weighted by molar-refractivity contribution is -0.138. The van der Waals surface area contributed by atoms with Crippen LogP contribution in [-0.2, 0) is 6.18 Å². The summed E-state index contributed by atoms with van der Waals surface area (Å²) >= 11 is 0. The zero-order chi connectivity index (χ0) is 28.4. The van der Waals surface area contributed by atoms with Crippen molar-refractivity contribution >= 4 is 28.4 Å². The van der Waals surface area contributed by atoms with E-state index in [9.17, 15) is 18.0 Å². The molecule has 7 nitrogen and oxygen atoms in total. The minimum atomic E-state index is -4.61. The minimum Gasteiger partial charge on any atom is -0.369 e. The van der Waals surface area contributed by atoms with E-state index in [0.29, 0.717) is 10.9 Å². The molecule has 41 heavy (non-hydrogen) atoms. The number of rotatable bonds is 6. The maximum Gasteiger partial charge on any atom is 0.416 e. The summed E-state index contributed by atoms with van der Waals surface area (Å²) in [5, 5.41) is 7.04. The van der Waals surface area contributed by atoms with E-state index >= 15 is 0 Å². The van der Waals surface area contributed by atoms with Gasteiger partial charge < -0.3 is 15.5 Å². The molecule has 0 bridgehead atoms. The van der Waals surface area contributed by atoms with Gasteiger partial charge in [-0.15, -0.1) is 0 Å². The van der Waals surface area contributed by atoms with Crippen molar-refractivity contribution in [2.75, 3.05) is 36.4 Å². The maximum absolute atomic E-state index is 14.2. The Morgan fingerprint density at radius 3 is 2.29 bits per heavy atom. The Bertz CT molecular complexity index is 1710. The largest absolute Gasteiger partial charge is 0.416 e.